The lowest BCUT2D eigenvalue weighted by molar-refractivity contribution is 0.457. The predicted octanol–water partition coefficient (Wildman–Crippen LogP) is 3.17. The lowest BCUT2D eigenvalue weighted by Gasteiger charge is -2.21. The smallest absolute Gasteiger partial charge is 0.526 e. The van der Waals surface area contributed by atoms with E-state index in [2.05, 4.69) is 0 Å². The van der Waals surface area contributed by atoms with Gasteiger partial charge in [0.25, 0.3) is 22.5 Å². The number of hydrogen-bond acceptors (Lipinski definition) is 4. The van der Waals surface area contributed by atoms with E-state index in [-0.39, 0.29) is 35.0 Å². The van der Waals surface area contributed by atoms with Crippen molar-refractivity contribution in [3.63, 3.8) is 0 Å². The Morgan fingerprint density at radius 2 is 1.19 bits per heavy atom. The summed E-state index contributed by atoms with van der Waals surface area (Å²) in [4.78, 5) is 0. The van der Waals surface area contributed by atoms with Gasteiger partial charge in [0.1, 0.15) is 23.1 Å². The second-order valence-electron chi connectivity index (χ2n) is 7.13. The molecular weight excluding hydrogens is 453 g/mol. The van der Waals surface area contributed by atoms with Crippen molar-refractivity contribution in [2.75, 3.05) is 8.61 Å². The van der Waals surface area contributed by atoms with Gasteiger partial charge in [-0.3, -0.25) is 17.7 Å². The summed E-state index contributed by atoms with van der Waals surface area (Å²) in [6, 6.07) is 7.01. The zero-order valence-electron chi connectivity index (χ0n) is 16.0. The van der Waals surface area contributed by atoms with Crippen LogP contribution in [-0.2, 0) is 22.5 Å². The van der Waals surface area contributed by atoms with Crippen molar-refractivity contribution < 1.29 is 35.6 Å². The summed E-state index contributed by atoms with van der Waals surface area (Å²) in [7, 11) is 0.933. The van der Waals surface area contributed by atoms with Crippen LogP contribution in [0, 0.1) is 11.6 Å². The largest absolute Gasteiger partial charge is 0.658 e. The van der Waals surface area contributed by atoms with Gasteiger partial charge >= 0.3 is 7.69 Å². The third kappa shape index (κ3) is 5.17. The third-order valence-electron chi connectivity index (χ3n) is 4.77. The molecule has 8 nitrogen and oxygen atoms in total. The van der Waals surface area contributed by atoms with Gasteiger partial charge in [0, 0.05) is 24.2 Å². The molecule has 2 aliphatic carbocycles. The molecule has 0 aromatic heterocycles. The summed E-state index contributed by atoms with van der Waals surface area (Å²) in [5.41, 5.74) is -0.132. The number of anilines is 2. The number of hydrogen-bond donors (Lipinski definition) is 2. The molecule has 2 saturated carbocycles. The standard InChI is InChI=1S/C18H18BF2N2O6S2/c20-15-7-5-13(9-17(15)22(30(24)25)11-1-2-11)28-19-29-14-6-8-16(21)18(10-14)23(31(26)27)12-3-4-12/h5-12H,1-4H2,(H,24,25)(H,26,27). The van der Waals surface area contributed by atoms with E-state index in [4.69, 9.17) is 9.31 Å². The van der Waals surface area contributed by atoms with Gasteiger partial charge in [-0.05, 0) is 49.9 Å². The normalized spacial score (nSPS) is 17.5. The van der Waals surface area contributed by atoms with E-state index in [0.717, 1.165) is 28.4 Å². The Hall–Kier alpha value is -2.22. The van der Waals surface area contributed by atoms with Gasteiger partial charge in [-0.2, -0.15) is 0 Å². The predicted molar refractivity (Wildman–Crippen MR) is 112 cm³/mol. The van der Waals surface area contributed by atoms with Crippen LogP contribution in [0.5, 0.6) is 11.5 Å². The highest BCUT2D eigenvalue weighted by Gasteiger charge is 2.35. The van der Waals surface area contributed by atoms with E-state index in [9.17, 15) is 26.3 Å². The molecule has 2 fully saturated rings. The van der Waals surface area contributed by atoms with Crippen molar-refractivity contribution in [3.05, 3.63) is 48.0 Å². The Bertz CT molecular complexity index is 945. The van der Waals surface area contributed by atoms with Crippen LogP contribution in [-0.4, -0.2) is 37.3 Å². The van der Waals surface area contributed by atoms with E-state index in [1.807, 2.05) is 0 Å². The quantitative estimate of drug-likeness (QED) is 0.408. The summed E-state index contributed by atoms with van der Waals surface area (Å²) >= 11 is -4.75. The molecule has 165 valence electrons. The number of rotatable bonds is 10. The lowest BCUT2D eigenvalue weighted by Crippen LogP contribution is -2.28. The van der Waals surface area contributed by atoms with E-state index < -0.39 is 34.2 Å². The molecule has 2 atom stereocenters. The maximum absolute atomic E-state index is 14.2. The van der Waals surface area contributed by atoms with Crippen molar-refractivity contribution in [2.24, 2.45) is 0 Å². The summed E-state index contributed by atoms with van der Waals surface area (Å²) in [5.74, 6) is -1.01. The van der Waals surface area contributed by atoms with E-state index in [0.29, 0.717) is 25.7 Å². The van der Waals surface area contributed by atoms with Gasteiger partial charge in [-0.15, -0.1) is 0 Å². The Morgan fingerprint density at radius 3 is 1.52 bits per heavy atom. The van der Waals surface area contributed by atoms with Crippen LogP contribution in [0.4, 0.5) is 20.2 Å². The van der Waals surface area contributed by atoms with Gasteiger partial charge in [0.05, 0.1) is 11.4 Å². The molecule has 0 amide bonds. The summed E-state index contributed by atoms with van der Waals surface area (Å²) in [6.45, 7) is 0. The first-order valence-corrected chi connectivity index (χ1v) is 11.5. The summed E-state index contributed by atoms with van der Waals surface area (Å²) in [5, 5.41) is 0. The van der Waals surface area contributed by atoms with Crippen LogP contribution in [0.1, 0.15) is 25.7 Å². The minimum absolute atomic E-state index is 0.0659. The van der Waals surface area contributed by atoms with Gasteiger partial charge in [-0.1, -0.05) is 0 Å². The monoisotopic (exact) mass is 471 g/mol. The fourth-order valence-corrected chi connectivity index (χ4v) is 4.59. The molecule has 31 heavy (non-hydrogen) atoms. The van der Waals surface area contributed by atoms with E-state index >= 15 is 0 Å². The zero-order chi connectivity index (χ0) is 22.1. The third-order valence-corrected chi connectivity index (χ3v) is 6.43. The van der Waals surface area contributed by atoms with Crippen molar-refractivity contribution in [1.29, 1.82) is 0 Å². The molecule has 13 heteroatoms. The maximum atomic E-state index is 14.2. The molecule has 2 aliphatic rings. The minimum atomic E-state index is -2.38. The molecule has 0 aliphatic heterocycles. The Kier molecular flexibility index (Phi) is 6.46. The second-order valence-corrected chi connectivity index (χ2v) is 8.84. The second kappa shape index (κ2) is 9.11. The lowest BCUT2D eigenvalue weighted by atomic mass is 10.2. The topological polar surface area (TPSA) is 99.5 Å². The average Bonchev–Trinajstić information content (AvgIpc) is 3.61. The average molecular weight is 471 g/mol. The molecule has 0 saturated heterocycles. The van der Waals surface area contributed by atoms with Crippen molar-refractivity contribution >= 4 is 41.6 Å². The maximum Gasteiger partial charge on any atom is 0.658 e. The van der Waals surface area contributed by atoms with Crippen molar-refractivity contribution in [3.8, 4) is 11.5 Å². The fourth-order valence-electron chi connectivity index (χ4n) is 3.04. The molecular formula is C18H18BF2N2O6S2. The van der Waals surface area contributed by atoms with Crippen LogP contribution in [0.25, 0.3) is 0 Å². The first-order valence-electron chi connectivity index (χ1n) is 9.39. The minimum Gasteiger partial charge on any atom is -0.526 e. The molecule has 2 aromatic carbocycles. The van der Waals surface area contributed by atoms with Crippen LogP contribution >= 0.6 is 0 Å². The Labute approximate surface area is 183 Å². The van der Waals surface area contributed by atoms with Gasteiger partial charge < -0.3 is 9.31 Å². The van der Waals surface area contributed by atoms with Crippen LogP contribution in [0.15, 0.2) is 36.4 Å². The van der Waals surface area contributed by atoms with Crippen molar-refractivity contribution in [2.45, 2.75) is 37.8 Å². The first kappa shape index (κ1) is 22.0. The molecule has 0 spiro atoms. The van der Waals surface area contributed by atoms with Crippen LogP contribution in [0.3, 0.4) is 0 Å². The highest BCUT2D eigenvalue weighted by molar-refractivity contribution is 7.81. The molecule has 2 aromatic rings. The molecule has 1 radical (unpaired) electrons. The molecule has 0 bridgehead atoms. The van der Waals surface area contributed by atoms with Crippen molar-refractivity contribution in [1.82, 2.24) is 0 Å². The number of benzene rings is 2. The number of halogens is 2. The first-order chi connectivity index (χ1) is 14.8. The van der Waals surface area contributed by atoms with Gasteiger partial charge in [-0.25, -0.2) is 17.2 Å². The zero-order valence-corrected chi connectivity index (χ0v) is 17.7. The highest BCUT2D eigenvalue weighted by Crippen LogP contribution is 2.37. The van der Waals surface area contributed by atoms with Crippen LogP contribution < -0.4 is 17.9 Å². The van der Waals surface area contributed by atoms with Crippen LogP contribution in [0.2, 0.25) is 0 Å². The summed E-state index contributed by atoms with van der Waals surface area (Å²) < 4.78 is 83.3. The van der Waals surface area contributed by atoms with E-state index in [1.165, 1.54) is 24.3 Å². The molecule has 2 N–H and O–H groups in total. The van der Waals surface area contributed by atoms with Gasteiger partial charge in [0.15, 0.2) is 0 Å². The number of nitrogens with zero attached hydrogens (tertiary/aromatic N) is 2. The van der Waals surface area contributed by atoms with Gasteiger partial charge in [0.2, 0.25) is 0 Å². The molecule has 2 unspecified atom stereocenters. The summed E-state index contributed by atoms with van der Waals surface area (Å²) in [6.07, 6.45) is 2.76. The molecule has 0 heterocycles. The van der Waals surface area contributed by atoms with E-state index in [1.54, 1.807) is 0 Å². The Morgan fingerprint density at radius 1 is 0.806 bits per heavy atom. The SMILES string of the molecule is O=S(O)N(c1cc(O[B]Oc2ccc(F)c(N(C3CC3)S(=O)O)c2)ccc1F)C1CC1. The fraction of sp³-hybridized carbons (Fsp3) is 0.333. The Balaban J connectivity index is 1.44. The molecule has 4 rings (SSSR count). The highest BCUT2D eigenvalue weighted by atomic mass is 32.2.